The maximum Gasteiger partial charge on any atom is 0.224 e. The molecule has 0 fully saturated rings. The van der Waals surface area contributed by atoms with Gasteiger partial charge >= 0.3 is 0 Å². The highest BCUT2D eigenvalue weighted by Gasteiger charge is 2.11. The molecule has 0 spiro atoms. The predicted octanol–water partition coefficient (Wildman–Crippen LogP) is 3.22. The van der Waals surface area contributed by atoms with E-state index in [9.17, 15) is 4.79 Å². The Bertz CT molecular complexity index is 1070. The van der Waals surface area contributed by atoms with E-state index in [-0.39, 0.29) is 5.91 Å². The second kappa shape index (κ2) is 7.37. The Kier molecular flexibility index (Phi) is 4.61. The molecule has 4 aromatic rings. The van der Waals surface area contributed by atoms with E-state index in [4.69, 9.17) is 4.74 Å². The smallest absolute Gasteiger partial charge is 0.224 e. The molecule has 0 saturated carbocycles. The Morgan fingerprint density at radius 2 is 2.11 bits per heavy atom. The number of para-hydroxylation sites is 1. The fourth-order valence-corrected chi connectivity index (χ4v) is 3.17. The fourth-order valence-electron chi connectivity index (χ4n) is 3.17. The quantitative estimate of drug-likeness (QED) is 0.555. The molecule has 1 amide bonds. The summed E-state index contributed by atoms with van der Waals surface area (Å²) in [6, 6.07) is 13.8. The lowest BCUT2D eigenvalue weighted by molar-refractivity contribution is -0.120. The zero-order chi connectivity index (χ0) is 18.6. The summed E-state index contributed by atoms with van der Waals surface area (Å²) in [4.78, 5) is 19.8. The minimum Gasteiger partial charge on any atom is -0.497 e. The van der Waals surface area contributed by atoms with Gasteiger partial charge in [0.1, 0.15) is 5.75 Å². The molecule has 0 atom stereocenters. The van der Waals surface area contributed by atoms with Crippen LogP contribution >= 0.6 is 0 Å². The Morgan fingerprint density at radius 3 is 2.93 bits per heavy atom. The molecule has 2 aromatic heterocycles. The number of imidazole rings is 1. The number of hydrogen-bond donors (Lipinski definition) is 2. The number of methoxy groups -OCH3 is 1. The van der Waals surface area contributed by atoms with Crippen molar-refractivity contribution in [3.8, 4) is 11.4 Å². The number of hydrogen-bond acceptors (Lipinski definition) is 3. The van der Waals surface area contributed by atoms with Crippen molar-refractivity contribution in [2.75, 3.05) is 7.11 Å². The molecule has 6 nitrogen and oxygen atoms in total. The van der Waals surface area contributed by atoms with E-state index in [1.807, 2.05) is 59.4 Å². The van der Waals surface area contributed by atoms with E-state index < -0.39 is 0 Å². The van der Waals surface area contributed by atoms with Crippen LogP contribution in [0.4, 0.5) is 0 Å². The van der Waals surface area contributed by atoms with Crippen molar-refractivity contribution in [1.29, 1.82) is 0 Å². The van der Waals surface area contributed by atoms with Crippen LogP contribution in [0.2, 0.25) is 0 Å². The number of carbonyl (C=O) groups is 1. The maximum atomic E-state index is 12.5. The monoisotopic (exact) mass is 360 g/mol. The summed E-state index contributed by atoms with van der Waals surface area (Å²) in [7, 11) is 1.64. The van der Waals surface area contributed by atoms with Crippen molar-refractivity contribution < 1.29 is 9.53 Å². The average molecular weight is 360 g/mol. The van der Waals surface area contributed by atoms with E-state index in [1.165, 1.54) is 0 Å². The van der Waals surface area contributed by atoms with E-state index in [1.54, 1.807) is 19.6 Å². The Morgan fingerprint density at radius 1 is 1.22 bits per heavy atom. The number of carbonyl (C=O) groups excluding carboxylic acids is 1. The number of aromatic nitrogens is 3. The van der Waals surface area contributed by atoms with Crippen LogP contribution in [0.5, 0.6) is 5.75 Å². The topological polar surface area (TPSA) is 71.9 Å². The van der Waals surface area contributed by atoms with Crippen molar-refractivity contribution in [3.05, 3.63) is 78.5 Å². The molecule has 0 saturated heterocycles. The van der Waals surface area contributed by atoms with Gasteiger partial charge < -0.3 is 19.6 Å². The van der Waals surface area contributed by atoms with Crippen LogP contribution in [0.3, 0.4) is 0 Å². The van der Waals surface area contributed by atoms with Gasteiger partial charge in [0.15, 0.2) is 0 Å². The number of ether oxygens (including phenoxy) is 1. The Labute approximate surface area is 156 Å². The van der Waals surface area contributed by atoms with E-state index in [0.717, 1.165) is 33.5 Å². The van der Waals surface area contributed by atoms with Crippen molar-refractivity contribution in [1.82, 2.24) is 19.9 Å². The lowest BCUT2D eigenvalue weighted by Gasteiger charge is -2.11. The molecule has 2 N–H and O–H groups in total. The van der Waals surface area contributed by atoms with Gasteiger partial charge in [0.05, 0.1) is 25.5 Å². The van der Waals surface area contributed by atoms with Crippen LogP contribution < -0.4 is 10.1 Å². The second-order valence-electron chi connectivity index (χ2n) is 6.28. The number of fused-ring (bicyclic) bond motifs is 1. The average Bonchev–Trinajstić information content (AvgIpc) is 3.37. The van der Waals surface area contributed by atoms with Gasteiger partial charge in [0.2, 0.25) is 5.91 Å². The number of H-pyrrole nitrogens is 1. The van der Waals surface area contributed by atoms with Crippen LogP contribution in [0.25, 0.3) is 16.6 Å². The van der Waals surface area contributed by atoms with E-state index in [2.05, 4.69) is 15.3 Å². The van der Waals surface area contributed by atoms with E-state index in [0.29, 0.717) is 13.0 Å². The molecule has 0 aliphatic heterocycles. The standard InChI is InChI=1S/C21H20N4O2/c1-27-17-6-7-19-18(11-17)16(13-23-19)10-21(26)24-12-15-4-2-3-5-20(15)25-9-8-22-14-25/h2-9,11,13-14,23H,10,12H2,1H3,(H,24,26). The molecule has 4 rings (SSSR count). The maximum absolute atomic E-state index is 12.5. The summed E-state index contributed by atoms with van der Waals surface area (Å²) in [5.41, 5.74) is 3.98. The number of amides is 1. The van der Waals surface area contributed by atoms with Gasteiger partial charge in [-0.25, -0.2) is 4.98 Å². The van der Waals surface area contributed by atoms with Crippen LogP contribution in [-0.4, -0.2) is 27.6 Å². The minimum absolute atomic E-state index is 0.0286. The summed E-state index contributed by atoms with van der Waals surface area (Å²) >= 11 is 0. The number of nitrogens with one attached hydrogen (secondary N) is 2. The molecule has 6 heteroatoms. The van der Waals surface area contributed by atoms with E-state index >= 15 is 0 Å². The molecule has 0 bridgehead atoms. The first-order chi connectivity index (χ1) is 13.2. The third-order valence-corrected chi connectivity index (χ3v) is 4.58. The normalized spacial score (nSPS) is 10.9. The van der Waals surface area contributed by atoms with Gasteiger partial charge in [-0.15, -0.1) is 0 Å². The number of aromatic amines is 1. The number of rotatable bonds is 6. The summed E-state index contributed by atoms with van der Waals surface area (Å²) in [6.45, 7) is 0.457. The highest BCUT2D eigenvalue weighted by atomic mass is 16.5. The van der Waals surface area contributed by atoms with Gasteiger partial charge in [-0.2, -0.15) is 0 Å². The Balaban J connectivity index is 1.47. The summed E-state index contributed by atoms with van der Waals surface area (Å²) in [6.07, 6.45) is 7.56. The van der Waals surface area contributed by atoms with Crippen molar-refractivity contribution >= 4 is 16.8 Å². The van der Waals surface area contributed by atoms with Gasteiger partial charge in [0, 0.05) is 36.0 Å². The largest absolute Gasteiger partial charge is 0.497 e. The molecule has 0 aliphatic carbocycles. The summed E-state index contributed by atoms with van der Waals surface area (Å²) in [5.74, 6) is 0.747. The minimum atomic E-state index is -0.0286. The molecule has 27 heavy (non-hydrogen) atoms. The predicted molar refractivity (Wildman–Crippen MR) is 104 cm³/mol. The van der Waals surface area contributed by atoms with Crippen LogP contribution in [0.1, 0.15) is 11.1 Å². The van der Waals surface area contributed by atoms with Crippen molar-refractivity contribution in [2.45, 2.75) is 13.0 Å². The van der Waals surface area contributed by atoms with Crippen molar-refractivity contribution in [2.24, 2.45) is 0 Å². The molecule has 0 aliphatic rings. The summed E-state index contributed by atoms with van der Waals surface area (Å²) < 4.78 is 7.22. The molecule has 0 unspecified atom stereocenters. The first-order valence-corrected chi connectivity index (χ1v) is 8.71. The second-order valence-corrected chi connectivity index (χ2v) is 6.28. The fraction of sp³-hybridized carbons (Fsp3) is 0.143. The highest BCUT2D eigenvalue weighted by Crippen LogP contribution is 2.24. The van der Waals surface area contributed by atoms with Gasteiger partial charge in [-0.1, -0.05) is 18.2 Å². The lowest BCUT2D eigenvalue weighted by Crippen LogP contribution is -2.25. The lowest BCUT2D eigenvalue weighted by atomic mass is 10.1. The molecule has 136 valence electrons. The highest BCUT2D eigenvalue weighted by molar-refractivity contribution is 5.89. The zero-order valence-electron chi connectivity index (χ0n) is 15.0. The molecule has 2 aromatic carbocycles. The van der Waals surface area contributed by atoms with Crippen LogP contribution in [-0.2, 0) is 17.8 Å². The number of nitrogens with zero attached hydrogens (tertiary/aromatic N) is 2. The van der Waals surface area contributed by atoms with Crippen molar-refractivity contribution in [3.63, 3.8) is 0 Å². The first kappa shape index (κ1) is 16.9. The Hall–Kier alpha value is -3.54. The molecular formula is C21H20N4O2. The molecular weight excluding hydrogens is 340 g/mol. The van der Waals surface area contributed by atoms with Gasteiger partial charge in [-0.3, -0.25) is 4.79 Å². The van der Waals surface area contributed by atoms with Crippen LogP contribution in [0.15, 0.2) is 67.4 Å². The van der Waals surface area contributed by atoms with Crippen LogP contribution in [0, 0.1) is 0 Å². The van der Waals surface area contributed by atoms with Gasteiger partial charge in [0.25, 0.3) is 0 Å². The third-order valence-electron chi connectivity index (χ3n) is 4.58. The van der Waals surface area contributed by atoms with Gasteiger partial charge in [-0.05, 0) is 35.4 Å². The SMILES string of the molecule is COc1ccc2[nH]cc(CC(=O)NCc3ccccc3-n3ccnc3)c2c1. The summed E-state index contributed by atoms with van der Waals surface area (Å²) in [5, 5.41) is 4.02. The number of benzene rings is 2. The first-order valence-electron chi connectivity index (χ1n) is 8.71. The molecule has 2 heterocycles. The zero-order valence-corrected chi connectivity index (χ0v) is 15.0. The molecule has 0 radical (unpaired) electrons. The third kappa shape index (κ3) is 3.55.